The molecule has 0 radical (unpaired) electrons. The van der Waals surface area contributed by atoms with E-state index < -0.39 is 0 Å². The van der Waals surface area contributed by atoms with Crippen LogP contribution in [0, 0.1) is 35.5 Å². The Hall–Kier alpha value is -1.26. The molecular formula is C17H20O. The number of allylic oxidation sites excluding steroid dienone is 6. The molecule has 1 saturated carbocycles. The lowest BCUT2D eigenvalue weighted by atomic mass is 9.71. The molecule has 0 aromatic heterocycles. The molecule has 94 valence electrons. The second-order valence-corrected chi connectivity index (χ2v) is 5.69. The van der Waals surface area contributed by atoms with Gasteiger partial charge in [0.1, 0.15) is 0 Å². The molecule has 1 N–H and O–H groups in total. The second kappa shape index (κ2) is 5.16. The maximum absolute atomic E-state index is 10.5. The normalized spacial score (nSPS) is 41.7. The standard InChI is InChI=1S/C17H20O/c18-17-12-15-8-5-4-6-13(15)10-11-14-7-2-1-3-9-16(14)17/h2,4-8,13-18H,9-12H2/t13-,14?,15?,16?,17?/m1/s1. The van der Waals surface area contributed by atoms with Gasteiger partial charge in [-0.05, 0) is 43.1 Å². The lowest BCUT2D eigenvalue weighted by Gasteiger charge is -2.36. The molecule has 0 spiro atoms. The molecule has 4 unspecified atom stereocenters. The van der Waals surface area contributed by atoms with Gasteiger partial charge in [-0.1, -0.05) is 42.2 Å². The SMILES string of the molecule is OC1CC2C=CC=C[C@@H]2CCC2C=CC#CCC12. The van der Waals surface area contributed by atoms with Crippen LogP contribution in [0.3, 0.4) is 0 Å². The number of aliphatic hydroxyl groups excluding tert-OH is 1. The van der Waals surface area contributed by atoms with E-state index in [9.17, 15) is 5.11 Å². The van der Waals surface area contributed by atoms with Crippen LogP contribution in [0.1, 0.15) is 25.7 Å². The average molecular weight is 240 g/mol. The third-order valence-corrected chi connectivity index (χ3v) is 4.64. The average Bonchev–Trinajstić information content (AvgIpc) is 2.61. The van der Waals surface area contributed by atoms with Crippen molar-refractivity contribution < 1.29 is 5.11 Å². The van der Waals surface area contributed by atoms with Crippen LogP contribution in [0.15, 0.2) is 36.5 Å². The molecule has 3 aliphatic carbocycles. The monoisotopic (exact) mass is 240 g/mol. The summed E-state index contributed by atoms with van der Waals surface area (Å²) < 4.78 is 0. The molecule has 0 aromatic rings. The van der Waals surface area contributed by atoms with Crippen LogP contribution in [0.2, 0.25) is 0 Å². The Labute approximate surface area is 109 Å². The first-order valence-electron chi connectivity index (χ1n) is 7.03. The minimum atomic E-state index is -0.212. The maximum atomic E-state index is 10.5. The lowest BCUT2D eigenvalue weighted by Crippen LogP contribution is -2.33. The van der Waals surface area contributed by atoms with E-state index in [2.05, 4.69) is 42.2 Å². The minimum absolute atomic E-state index is 0.212. The Kier molecular flexibility index (Phi) is 3.39. The smallest absolute Gasteiger partial charge is 0.0589 e. The van der Waals surface area contributed by atoms with Crippen molar-refractivity contribution in [3.63, 3.8) is 0 Å². The quantitative estimate of drug-likeness (QED) is 0.645. The Morgan fingerprint density at radius 1 is 0.944 bits per heavy atom. The van der Waals surface area contributed by atoms with Gasteiger partial charge in [-0.15, -0.1) is 0 Å². The molecule has 3 rings (SSSR count). The zero-order valence-electron chi connectivity index (χ0n) is 10.6. The Balaban J connectivity index is 1.82. The first-order valence-corrected chi connectivity index (χ1v) is 7.03. The predicted molar refractivity (Wildman–Crippen MR) is 73.6 cm³/mol. The fourth-order valence-electron chi connectivity index (χ4n) is 3.53. The molecule has 1 heteroatoms. The fourth-order valence-corrected chi connectivity index (χ4v) is 3.53. The lowest BCUT2D eigenvalue weighted by molar-refractivity contribution is 0.0489. The van der Waals surface area contributed by atoms with Crippen molar-refractivity contribution in [2.75, 3.05) is 0 Å². The summed E-state index contributed by atoms with van der Waals surface area (Å²) in [5.74, 6) is 8.18. The molecule has 1 fully saturated rings. The molecule has 0 bridgehead atoms. The highest BCUT2D eigenvalue weighted by atomic mass is 16.3. The minimum Gasteiger partial charge on any atom is -0.393 e. The van der Waals surface area contributed by atoms with E-state index in [1.807, 2.05) is 6.08 Å². The third kappa shape index (κ3) is 2.31. The summed E-state index contributed by atoms with van der Waals surface area (Å²) in [6, 6.07) is 0. The largest absolute Gasteiger partial charge is 0.393 e. The predicted octanol–water partition coefficient (Wildman–Crippen LogP) is 3.09. The van der Waals surface area contributed by atoms with Crippen LogP contribution >= 0.6 is 0 Å². The molecule has 0 aromatic carbocycles. The van der Waals surface area contributed by atoms with Gasteiger partial charge in [0.15, 0.2) is 0 Å². The van der Waals surface area contributed by atoms with Gasteiger partial charge >= 0.3 is 0 Å². The number of hydrogen-bond donors (Lipinski definition) is 1. The molecule has 5 atom stereocenters. The van der Waals surface area contributed by atoms with Gasteiger partial charge in [0, 0.05) is 12.3 Å². The zero-order chi connectivity index (χ0) is 12.4. The summed E-state index contributed by atoms with van der Waals surface area (Å²) in [6.07, 6.45) is 17.0. The van der Waals surface area contributed by atoms with Gasteiger partial charge in [0.25, 0.3) is 0 Å². The maximum Gasteiger partial charge on any atom is 0.0589 e. The molecule has 1 nitrogen and oxygen atoms in total. The van der Waals surface area contributed by atoms with E-state index >= 15 is 0 Å². The number of rotatable bonds is 0. The summed E-state index contributed by atoms with van der Waals surface area (Å²) in [7, 11) is 0. The van der Waals surface area contributed by atoms with Gasteiger partial charge in [-0.3, -0.25) is 0 Å². The van der Waals surface area contributed by atoms with Crippen molar-refractivity contribution in [2.45, 2.75) is 31.8 Å². The number of fused-ring (bicyclic) bond motifs is 2. The molecule has 0 amide bonds. The van der Waals surface area contributed by atoms with Gasteiger partial charge in [-0.2, -0.15) is 0 Å². The summed E-state index contributed by atoms with van der Waals surface area (Å²) in [4.78, 5) is 0. The van der Waals surface area contributed by atoms with Gasteiger partial charge in [0.2, 0.25) is 0 Å². The molecule has 0 saturated heterocycles. The number of hydrogen-bond acceptors (Lipinski definition) is 1. The van der Waals surface area contributed by atoms with Crippen molar-refractivity contribution >= 4 is 0 Å². The summed E-state index contributed by atoms with van der Waals surface area (Å²) >= 11 is 0. The Morgan fingerprint density at radius 2 is 1.72 bits per heavy atom. The molecule has 18 heavy (non-hydrogen) atoms. The van der Waals surface area contributed by atoms with E-state index in [0.29, 0.717) is 23.7 Å². The van der Waals surface area contributed by atoms with Gasteiger partial charge in [0.05, 0.1) is 6.10 Å². The Bertz CT molecular complexity index is 446. The van der Waals surface area contributed by atoms with Gasteiger partial charge < -0.3 is 5.11 Å². The van der Waals surface area contributed by atoms with Crippen molar-refractivity contribution in [3.05, 3.63) is 36.5 Å². The van der Waals surface area contributed by atoms with Crippen LogP contribution in [0.4, 0.5) is 0 Å². The van der Waals surface area contributed by atoms with Crippen LogP contribution in [-0.4, -0.2) is 11.2 Å². The van der Waals surface area contributed by atoms with Crippen molar-refractivity contribution in [2.24, 2.45) is 23.7 Å². The van der Waals surface area contributed by atoms with Crippen molar-refractivity contribution in [3.8, 4) is 11.8 Å². The molecule has 0 aliphatic heterocycles. The van der Waals surface area contributed by atoms with E-state index in [4.69, 9.17) is 0 Å². The Morgan fingerprint density at radius 3 is 2.61 bits per heavy atom. The molecular weight excluding hydrogens is 220 g/mol. The van der Waals surface area contributed by atoms with E-state index in [1.165, 1.54) is 12.8 Å². The summed E-state index contributed by atoms with van der Waals surface area (Å²) in [5, 5.41) is 10.5. The highest BCUT2D eigenvalue weighted by molar-refractivity contribution is 5.21. The van der Waals surface area contributed by atoms with Crippen LogP contribution in [-0.2, 0) is 0 Å². The van der Waals surface area contributed by atoms with Crippen LogP contribution < -0.4 is 0 Å². The van der Waals surface area contributed by atoms with E-state index in [0.717, 1.165) is 12.8 Å². The van der Waals surface area contributed by atoms with Gasteiger partial charge in [-0.25, -0.2) is 0 Å². The topological polar surface area (TPSA) is 20.2 Å². The van der Waals surface area contributed by atoms with Crippen molar-refractivity contribution in [1.82, 2.24) is 0 Å². The van der Waals surface area contributed by atoms with E-state index in [-0.39, 0.29) is 6.10 Å². The second-order valence-electron chi connectivity index (χ2n) is 5.69. The molecule has 0 heterocycles. The molecule has 3 aliphatic rings. The summed E-state index contributed by atoms with van der Waals surface area (Å²) in [6.45, 7) is 0. The highest BCUT2D eigenvalue weighted by Gasteiger charge is 2.33. The van der Waals surface area contributed by atoms with Crippen LogP contribution in [0.25, 0.3) is 0 Å². The van der Waals surface area contributed by atoms with Crippen LogP contribution in [0.5, 0.6) is 0 Å². The fraction of sp³-hybridized carbons (Fsp3) is 0.529. The van der Waals surface area contributed by atoms with Crippen molar-refractivity contribution in [1.29, 1.82) is 0 Å². The highest BCUT2D eigenvalue weighted by Crippen LogP contribution is 2.38. The zero-order valence-corrected chi connectivity index (χ0v) is 10.6. The number of aliphatic hydroxyl groups is 1. The van der Waals surface area contributed by atoms with E-state index in [1.54, 1.807) is 0 Å². The summed E-state index contributed by atoms with van der Waals surface area (Å²) in [5.41, 5.74) is 0. The third-order valence-electron chi connectivity index (χ3n) is 4.64. The first-order chi connectivity index (χ1) is 8.84. The first kappa shape index (κ1) is 11.8.